The fraction of sp³-hybridized carbons (Fsp3) is 0.517. The van der Waals surface area contributed by atoms with Crippen molar-refractivity contribution in [2.45, 2.75) is 63.5 Å². The number of rotatable bonds is 9. The van der Waals surface area contributed by atoms with Crippen molar-refractivity contribution in [2.75, 3.05) is 27.2 Å². The molecule has 224 valence electrons. The molecule has 2 amide bonds. The fourth-order valence-electron chi connectivity index (χ4n) is 6.08. The van der Waals surface area contributed by atoms with Crippen molar-refractivity contribution in [3.05, 3.63) is 55.0 Å². The summed E-state index contributed by atoms with van der Waals surface area (Å²) >= 11 is 2.83. The number of likely N-dealkylation sites (tertiary alicyclic amines) is 1. The molecule has 1 saturated heterocycles. The molecule has 6 N–H and O–H groups in total. The number of amides is 2. The molecule has 2 aromatic rings. The van der Waals surface area contributed by atoms with Crippen LogP contribution in [0.3, 0.4) is 0 Å². The fourth-order valence-corrected chi connectivity index (χ4v) is 8.44. The lowest BCUT2D eigenvalue weighted by Crippen LogP contribution is -2.46. The van der Waals surface area contributed by atoms with Crippen LogP contribution >= 0.6 is 22.7 Å². The van der Waals surface area contributed by atoms with E-state index in [4.69, 9.17) is 5.84 Å². The van der Waals surface area contributed by atoms with Crippen LogP contribution in [0.2, 0.25) is 0 Å². The number of amidine groups is 1. The van der Waals surface area contributed by atoms with Gasteiger partial charge in [-0.3, -0.25) is 15.0 Å². The van der Waals surface area contributed by atoms with E-state index in [1.807, 2.05) is 19.1 Å². The van der Waals surface area contributed by atoms with Gasteiger partial charge in [-0.2, -0.15) is 5.26 Å². The van der Waals surface area contributed by atoms with Gasteiger partial charge < -0.3 is 26.7 Å². The first-order valence-electron chi connectivity index (χ1n) is 14.1. The monoisotopic (exact) mass is 609 g/mol. The van der Waals surface area contributed by atoms with E-state index in [0.29, 0.717) is 41.5 Å². The molecule has 13 heteroatoms. The lowest BCUT2D eigenvalue weighted by molar-refractivity contribution is 0.0959. The van der Waals surface area contributed by atoms with Crippen molar-refractivity contribution in [3.8, 4) is 6.07 Å². The highest BCUT2D eigenvalue weighted by Gasteiger charge is 2.47. The Morgan fingerprint density at radius 3 is 2.29 bits per heavy atom. The van der Waals surface area contributed by atoms with Crippen molar-refractivity contribution in [3.63, 3.8) is 0 Å². The predicted octanol–water partition coefficient (Wildman–Crippen LogP) is 3.72. The van der Waals surface area contributed by atoms with Crippen molar-refractivity contribution >= 4 is 40.3 Å². The molecule has 0 aromatic carbocycles. The first kappa shape index (κ1) is 31.3. The maximum atomic E-state index is 12.7. The summed E-state index contributed by atoms with van der Waals surface area (Å²) < 4.78 is 0. The number of fused-ring (bicyclic) bond motifs is 2. The average molecular weight is 610 g/mol. The van der Waals surface area contributed by atoms with Gasteiger partial charge in [0.15, 0.2) is 5.84 Å². The summed E-state index contributed by atoms with van der Waals surface area (Å²) in [5.41, 5.74) is 1.36. The molecular weight excluding hydrogens is 571 g/mol. The molecule has 42 heavy (non-hydrogen) atoms. The highest BCUT2D eigenvalue weighted by Crippen LogP contribution is 2.49. The topological polar surface area (TPSA) is 172 Å². The number of carbonyl (C=O) groups is 2. The number of aryl methyl sites for hydroxylation is 2. The Labute approximate surface area is 254 Å². The van der Waals surface area contributed by atoms with E-state index in [9.17, 15) is 20.3 Å². The van der Waals surface area contributed by atoms with Crippen LogP contribution < -0.4 is 21.8 Å². The minimum absolute atomic E-state index is 0.0565. The minimum atomic E-state index is -1.11. The van der Waals surface area contributed by atoms with Crippen molar-refractivity contribution in [2.24, 2.45) is 22.1 Å². The predicted molar refractivity (Wildman–Crippen MR) is 166 cm³/mol. The average Bonchev–Trinajstić information content (AvgIpc) is 3.59. The second-order valence-electron chi connectivity index (χ2n) is 11.0. The first-order chi connectivity index (χ1) is 20.1. The Morgan fingerprint density at radius 2 is 1.79 bits per heavy atom. The maximum Gasteiger partial charge on any atom is 0.261 e. The van der Waals surface area contributed by atoms with Crippen LogP contribution in [0.15, 0.2) is 34.7 Å². The van der Waals surface area contributed by atoms with Gasteiger partial charge in [-0.1, -0.05) is 18.7 Å². The lowest BCUT2D eigenvalue weighted by atomic mass is 9.70. The van der Waals surface area contributed by atoms with E-state index in [1.165, 1.54) is 22.7 Å². The minimum Gasteiger partial charge on any atom is -0.358 e. The highest BCUT2D eigenvalue weighted by molar-refractivity contribution is 7.15. The molecule has 1 fully saturated rings. The number of carbonyl (C=O) groups excluding carboxylic acids is 2. The van der Waals surface area contributed by atoms with E-state index in [1.54, 1.807) is 14.1 Å². The van der Waals surface area contributed by atoms with Crippen molar-refractivity contribution in [1.29, 1.82) is 10.7 Å². The molecule has 2 aliphatic rings. The number of nitrogens with two attached hydrogens (primary N) is 1. The smallest absolute Gasteiger partial charge is 0.261 e. The Morgan fingerprint density at radius 1 is 1.21 bits per heavy atom. The van der Waals surface area contributed by atoms with E-state index < -0.39 is 5.41 Å². The lowest BCUT2D eigenvalue weighted by Gasteiger charge is -2.38. The summed E-state index contributed by atoms with van der Waals surface area (Å²) in [6.07, 6.45) is 3.55. The Balaban J connectivity index is 1.75. The summed E-state index contributed by atoms with van der Waals surface area (Å²) in [6.45, 7) is 9.75. The van der Waals surface area contributed by atoms with E-state index >= 15 is 0 Å². The number of hydrogen-bond acceptors (Lipinski definition) is 9. The molecule has 0 bridgehead atoms. The second kappa shape index (κ2) is 13.1. The zero-order valence-corrected chi connectivity index (χ0v) is 26.2. The summed E-state index contributed by atoms with van der Waals surface area (Å²) in [6, 6.07) is 5.77. The Hall–Kier alpha value is -3.60. The SMILES string of the molecule is C=C(CN[C@H](C)CC1(C(=N)/N=N\N)c2cc(C(=O)NC)sc2CCc2sc(C(=O)NC)cc21)N1CC[C@H](C)CC1C#N. The van der Waals surface area contributed by atoms with Crippen LogP contribution in [0.1, 0.15) is 73.3 Å². The number of nitrogens with zero attached hydrogens (tertiary/aromatic N) is 4. The number of nitrogens with one attached hydrogen (secondary N) is 4. The molecular formula is C29H39N9O2S2. The molecule has 1 aliphatic heterocycles. The van der Waals surface area contributed by atoms with Crippen molar-refractivity contribution < 1.29 is 9.59 Å². The molecule has 11 nitrogen and oxygen atoms in total. The number of piperidine rings is 1. The zero-order valence-electron chi connectivity index (χ0n) is 24.5. The second-order valence-corrected chi connectivity index (χ2v) is 13.3. The Kier molecular flexibility index (Phi) is 9.81. The van der Waals surface area contributed by atoms with E-state index in [2.05, 4.69) is 50.8 Å². The molecule has 1 aliphatic carbocycles. The maximum absolute atomic E-state index is 12.7. The van der Waals surface area contributed by atoms with Crippen LogP contribution in [0.5, 0.6) is 0 Å². The Bertz CT molecular complexity index is 1370. The molecule has 3 heterocycles. The standard InChI is InChI=1S/C29H39N9O2S2/c1-16-8-9-38(19(10-16)14-30)18(3)15-35-17(2)13-29(28(31)36-37-32)20-11-24(26(39)33-4)41-22(20)6-7-23-21(29)12-25(42-23)27(40)34-5/h11-12,16-17,19,35H,3,6-10,13,15H2,1-2,4-5H3,(H,33,39)(H,34,40)(H3,31,32,36)/t16-,17+,19?/m0/s1. The van der Waals surface area contributed by atoms with Gasteiger partial charge in [-0.05, 0) is 68.2 Å². The molecule has 2 aromatic heterocycles. The van der Waals surface area contributed by atoms with Crippen LogP contribution in [-0.2, 0) is 18.3 Å². The van der Waals surface area contributed by atoms with E-state index in [0.717, 1.165) is 46.0 Å². The van der Waals surface area contributed by atoms with Gasteiger partial charge in [0.25, 0.3) is 11.8 Å². The third kappa shape index (κ3) is 5.97. The molecule has 0 saturated carbocycles. The summed E-state index contributed by atoms with van der Waals surface area (Å²) in [5.74, 6) is 5.56. The molecule has 1 unspecified atom stereocenters. The third-order valence-corrected chi connectivity index (χ3v) is 10.7. The van der Waals surface area contributed by atoms with Gasteiger partial charge in [-0.25, -0.2) is 0 Å². The molecule has 0 radical (unpaired) electrons. The largest absolute Gasteiger partial charge is 0.358 e. The van der Waals surface area contributed by atoms with Gasteiger partial charge in [-0.15, -0.1) is 27.8 Å². The van der Waals surface area contributed by atoms with Gasteiger partial charge in [0.05, 0.1) is 21.2 Å². The quantitative estimate of drug-likeness (QED) is 0.0953. The van der Waals surface area contributed by atoms with Gasteiger partial charge in [0.2, 0.25) is 0 Å². The van der Waals surface area contributed by atoms with Gasteiger partial charge >= 0.3 is 0 Å². The summed E-state index contributed by atoms with van der Waals surface area (Å²) in [4.78, 5) is 30.6. The number of nitriles is 1. The molecule has 3 atom stereocenters. The van der Waals surface area contributed by atoms with E-state index in [-0.39, 0.29) is 29.7 Å². The molecule has 4 rings (SSSR count). The molecule has 0 spiro atoms. The summed E-state index contributed by atoms with van der Waals surface area (Å²) in [5, 5.41) is 35.5. The third-order valence-electron chi connectivity index (χ3n) is 8.27. The van der Waals surface area contributed by atoms with Crippen molar-refractivity contribution in [1.82, 2.24) is 20.9 Å². The highest BCUT2D eigenvalue weighted by atomic mass is 32.1. The van der Waals surface area contributed by atoms with Crippen LogP contribution in [0.4, 0.5) is 0 Å². The van der Waals surface area contributed by atoms with Crippen LogP contribution in [0, 0.1) is 22.7 Å². The van der Waals surface area contributed by atoms with Gasteiger partial charge in [0, 0.05) is 48.7 Å². The number of hydrogen-bond donors (Lipinski definition) is 5. The van der Waals surface area contributed by atoms with Gasteiger partial charge in [0.1, 0.15) is 6.04 Å². The number of thiophene rings is 2. The van der Waals surface area contributed by atoms with Crippen LogP contribution in [-0.4, -0.2) is 61.8 Å². The van der Waals surface area contributed by atoms with Crippen LogP contribution in [0.25, 0.3) is 0 Å². The zero-order chi connectivity index (χ0) is 30.6. The summed E-state index contributed by atoms with van der Waals surface area (Å²) in [7, 11) is 3.19. The normalized spacial score (nSPS) is 20.1. The first-order valence-corrected chi connectivity index (χ1v) is 15.7.